The molecule has 0 aliphatic heterocycles. The SMILES string of the molecule is Cc1cnn(C)c1C(O)c1cc(F)cc(Cl)c1. The molecule has 1 atom stereocenters. The van der Waals surface area contributed by atoms with Crippen LogP contribution < -0.4 is 0 Å². The summed E-state index contributed by atoms with van der Waals surface area (Å²) in [6, 6.07) is 4.01. The fraction of sp³-hybridized carbons (Fsp3) is 0.250. The summed E-state index contributed by atoms with van der Waals surface area (Å²) < 4.78 is 14.8. The quantitative estimate of drug-likeness (QED) is 0.895. The van der Waals surface area contributed by atoms with Crippen LogP contribution in [0.5, 0.6) is 0 Å². The monoisotopic (exact) mass is 254 g/mol. The Morgan fingerprint density at radius 3 is 2.65 bits per heavy atom. The second-order valence-corrected chi connectivity index (χ2v) is 4.38. The molecule has 1 aromatic carbocycles. The van der Waals surface area contributed by atoms with Gasteiger partial charge in [0.2, 0.25) is 0 Å². The first-order valence-corrected chi connectivity index (χ1v) is 5.49. The van der Waals surface area contributed by atoms with Gasteiger partial charge in [0.1, 0.15) is 11.9 Å². The lowest BCUT2D eigenvalue weighted by atomic mass is 10.0. The molecule has 0 aliphatic carbocycles. The highest BCUT2D eigenvalue weighted by Crippen LogP contribution is 2.26. The maximum atomic E-state index is 13.2. The number of halogens is 2. The van der Waals surface area contributed by atoms with Crippen LogP contribution in [0, 0.1) is 12.7 Å². The number of nitrogens with zero attached hydrogens (tertiary/aromatic N) is 2. The van der Waals surface area contributed by atoms with Crippen LogP contribution in [0.25, 0.3) is 0 Å². The first-order chi connectivity index (χ1) is 7.99. The Balaban J connectivity index is 2.47. The van der Waals surface area contributed by atoms with Crippen LogP contribution in [-0.2, 0) is 7.05 Å². The average molecular weight is 255 g/mol. The highest BCUT2D eigenvalue weighted by Gasteiger charge is 2.18. The predicted octanol–water partition coefficient (Wildman–Crippen LogP) is 2.60. The lowest BCUT2D eigenvalue weighted by Gasteiger charge is -2.13. The number of rotatable bonds is 2. The van der Waals surface area contributed by atoms with Crippen LogP contribution in [0.3, 0.4) is 0 Å². The summed E-state index contributed by atoms with van der Waals surface area (Å²) in [7, 11) is 1.73. The number of aromatic nitrogens is 2. The van der Waals surface area contributed by atoms with E-state index in [9.17, 15) is 9.50 Å². The number of hydrogen-bond acceptors (Lipinski definition) is 2. The van der Waals surface area contributed by atoms with Crippen LogP contribution in [0.15, 0.2) is 24.4 Å². The van der Waals surface area contributed by atoms with E-state index >= 15 is 0 Å². The second kappa shape index (κ2) is 4.47. The van der Waals surface area contributed by atoms with Crippen molar-refractivity contribution in [3.63, 3.8) is 0 Å². The van der Waals surface area contributed by atoms with E-state index in [0.717, 1.165) is 5.56 Å². The smallest absolute Gasteiger partial charge is 0.125 e. The Morgan fingerprint density at radius 1 is 1.41 bits per heavy atom. The van der Waals surface area contributed by atoms with E-state index in [1.165, 1.54) is 12.1 Å². The highest BCUT2D eigenvalue weighted by atomic mass is 35.5. The number of aliphatic hydroxyl groups excluding tert-OH is 1. The molecule has 0 fully saturated rings. The molecule has 0 saturated carbocycles. The summed E-state index contributed by atoms with van der Waals surface area (Å²) in [5, 5.41) is 14.5. The molecule has 3 nitrogen and oxygen atoms in total. The van der Waals surface area contributed by atoms with Gasteiger partial charge >= 0.3 is 0 Å². The maximum absolute atomic E-state index is 13.2. The van der Waals surface area contributed by atoms with Crippen LogP contribution in [0.4, 0.5) is 4.39 Å². The first kappa shape index (κ1) is 12.1. The molecule has 1 N–H and O–H groups in total. The number of aliphatic hydroxyl groups is 1. The number of benzene rings is 1. The zero-order valence-corrected chi connectivity index (χ0v) is 10.2. The molecule has 2 rings (SSSR count). The van der Waals surface area contributed by atoms with E-state index in [-0.39, 0.29) is 5.02 Å². The molecule has 0 bridgehead atoms. The standard InChI is InChI=1S/C12H12ClFN2O/c1-7-6-15-16(2)11(7)12(17)8-3-9(13)5-10(14)4-8/h3-6,12,17H,1-2H3. The fourth-order valence-corrected chi connectivity index (χ4v) is 2.07. The van der Waals surface area contributed by atoms with Crippen molar-refractivity contribution in [1.29, 1.82) is 0 Å². The topological polar surface area (TPSA) is 38.0 Å². The largest absolute Gasteiger partial charge is 0.382 e. The van der Waals surface area contributed by atoms with E-state index in [1.54, 1.807) is 24.0 Å². The molecule has 0 amide bonds. The zero-order valence-electron chi connectivity index (χ0n) is 9.48. The summed E-state index contributed by atoms with van der Waals surface area (Å²) in [6.07, 6.45) is 0.718. The molecule has 17 heavy (non-hydrogen) atoms. The van der Waals surface area contributed by atoms with Gasteiger partial charge in [-0.1, -0.05) is 11.6 Å². The van der Waals surface area contributed by atoms with Crippen molar-refractivity contribution in [2.45, 2.75) is 13.0 Å². The molecule has 0 radical (unpaired) electrons. The Morgan fingerprint density at radius 2 is 2.12 bits per heavy atom. The normalized spacial score (nSPS) is 12.8. The van der Waals surface area contributed by atoms with Gasteiger partial charge in [0, 0.05) is 12.1 Å². The first-order valence-electron chi connectivity index (χ1n) is 5.11. The lowest BCUT2D eigenvalue weighted by Crippen LogP contribution is -2.08. The van der Waals surface area contributed by atoms with Crippen molar-refractivity contribution < 1.29 is 9.50 Å². The molecule has 1 heterocycles. The van der Waals surface area contributed by atoms with E-state index in [2.05, 4.69) is 5.10 Å². The van der Waals surface area contributed by atoms with E-state index in [4.69, 9.17) is 11.6 Å². The minimum Gasteiger partial charge on any atom is -0.382 e. The van der Waals surface area contributed by atoms with Crippen LogP contribution in [0.1, 0.15) is 22.9 Å². The Bertz CT molecular complexity index is 514. The molecule has 0 spiro atoms. The van der Waals surface area contributed by atoms with Crippen LogP contribution in [-0.4, -0.2) is 14.9 Å². The maximum Gasteiger partial charge on any atom is 0.125 e. The third-order valence-electron chi connectivity index (χ3n) is 2.64. The van der Waals surface area contributed by atoms with Crippen LogP contribution in [0.2, 0.25) is 5.02 Å². The van der Waals surface area contributed by atoms with Gasteiger partial charge in [-0.15, -0.1) is 0 Å². The Hall–Kier alpha value is -1.39. The van der Waals surface area contributed by atoms with E-state index in [0.29, 0.717) is 11.3 Å². The van der Waals surface area contributed by atoms with Gasteiger partial charge in [-0.25, -0.2) is 4.39 Å². The minimum absolute atomic E-state index is 0.263. The summed E-state index contributed by atoms with van der Waals surface area (Å²) in [4.78, 5) is 0. The summed E-state index contributed by atoms with van der Waals surface area (Å²) in [6.45, 7) is 1.84. The molecule has 2 aromatic rings. The number of hydrogen-bond donors (Lipinski definition) is 1. The Labute approximate surface area is 103 Å². The molecule has 5 heteroatoms. The second-order valence-electron chi connectivity index (χ2n) is 3.94. The molecule has 0 aliphatic rings. The summed E-state index contributed by atoms with van der Waals surface area (Å²) >= 11 is 5.76. The van der Waals surface area contributed by atoms with E-state index < -0.39 is 11.9 Å². The third-order valence-corrected chi connectivity index (χ3v) is 2.86. The number of aryl methyl sites for hydroxylation is 2. The van der Waals surface area contributed by atoms with Crippen molar-refractivity contribution in [2.75, 3.05) is 0 Å². The van der Waals surface area contributed by atoms with Crippen LogP contribution >= 0.6 is 11.6 Å². The van der Waals surface area contributed by atoms with Gasteiger partial charge in [-0.2, -0.15) is 5.10 Å². The minimum atomic E-state index is -0.935. The van der Waals surface area contributed by atoms with Gasteiger partial charge in [-0.3, -0.25) is 4.68 Å². The highest BCUT2D eigenvalue weighted by molar-refractivity contribution is 6.30. The molecule has 1 unspecified atom stereocenters. The van der Waals surface area contributed by atoms with Crippen molar-refractivity contribution in [3.05, 3.63) is 52.1 Å². The van der Waals surface area contributed by atoms with Gasteiger partial charge in [0.15, 0.2) is 0 Å². The molecule has 1 aromatic heterocycles. The van der Waals surface area contributed by atoms with Crippen molar-refractivity contribution >= 4 is 11.6 Å². The third kappa shape index (κ3) is 2.33. The lowest BCUT2D eigenvalue weighted by molar-refractivity contribution is 0.208. The van der Waals surface area contributed by atoms with Crippen molar-refractivity contribution in [2.24, 2.45) is 7.05 Å². The Kier molecular flexibility index (Phi) is 3.17. The molecule has 90 valence electrons. The zero-order chi connectivity index (χ0) is 12.6. The summed E-state index contributed by atoms with van der Waals surface area (Å²) in [5.41, 5.74) is 1.90. The van der Waals surface area contributed by atoms with E-state index in [1.807, 2.05) is 6.92 Å². The van der Waals surface area contributed by atoms with Gasteiger partial charge in [-0.05, 0) is 36.2 Å². The fourth-order valence-electron chi connectivity index (χ4n) is 1.84. The predicted molar refractivity (Wildman–Crippen MR) is 63.4 cm³/mol. The molecule has 0 saturated heterocycles. The summed E-state index contributed by atoms with van der Waals surface area (Å²) in [5.74, 6) is -0.466. The average Bonchev–Trinajstić information content (AvgIpc) is 2.56. The van der Waals surface area contributed by atoms with Gasteiger partial charge < -0.3 is 5.11 Å². The molecular formula is C12H12ClFN2O. The van der Waals surface area contributed by atoms with Gasteiger partial charge in [0.05, 0.1) is 11.9 Å². The van der Waals surface area contributed by atoms with Crippen molar-refractivity contribution in [3.8, 4) is 0 Å². The molecular weight excluding hydrogens is 243 g/mol. The van der Waals surface area contributed by atoms with Crippen molar-refractivity contribution in [1.82, 2.24) is 9.78 Å². The van der Waals surface area contributed by atoms with Gasteiger partial charge in [0.25, 0.3) is 0 Å².